The Hall–Kier alpha value is -1.33. The molecule has 0 saturated carbocycles. The first-order chi connectivity index (χ1) is 7.65. The van der Waals surface area contributed by atoms with Gasteiger partial charge in [-0.2, -0.15) is 0 Å². The fourth-order valence-corrected chi connectivity index (χ4v) is 2.34. The zero-order valence-corrected chi connectivity index (χ0v) is 9.92. The van der Waals surface area contributed by atoms with Crippen molar-refractivity contribution in [2.75, 3.05) is 17.6 Å². The van der Waals surface area contributed by atoms with Crippen LogP contribution in [0.2, 0.25) is 0 Å². The third-order valence-electron chi connectivity index (χ3n) is 2.25. The number of benzene rings is 1. The Kier molecular flexibility index (Phi) is 3.26. The van der Waals surface area contributed by atoms with Gasteiger partial charge >= 0.3 is 0 Å². The van der Waals surface area contributed by atoms with Crippen LogP contribution in [0, 0.1) is 0 Å². The Morgan fingerprint density at radius 2 is 2.38 bits per heavy atom. The third-order valence-corrected chi connectivity index (χ3v) is 3.23. The number of nitrogens with one attached hydrogen (secondary N) is 1. The summed E-state index contributed by atoms with van der Waals surface area (Å²) in [6, 6.07) is 5.69. The van der Waals surface area contributed by atoms with Crippen LogP contribution in [-0.2, 0) is 0 Å². The highest BCUT2D eigenvalue weighted by Gasteiger charge is 2.03. The standard InChI is InChI=1S/C11H15N3OS/c1-7(15)4-5-13-11-14-9-3-2-8(12)6-10(9)16-11/h2-3,6-7,15H,4-5,12H2,1H3,(H,13,14). The van der Waals surface area contributed by atoms with Crippen LogP contribution >= 0.6 is 11.3 Å². The SMILES string of the molecule is CC(O)CCNc1nc2ccc(N)cc2s1. The number of fused-ring (bicyclic) bond motifs is 1. The van der Waals surface area contributed by atoms with E-state index >= 15 is 0 Å². The van der Waals surface area contributed by atoms with Crippen LogP contribution in [0.1, 0.15) is 13.3 Å². The summed E-state index contributed by atoms with van der Waals surface area (Å²) in [5.74, 6) is 0. The van der Waals surface area contributed by atoms with Crippen molar-refractivity contribution >= 4 is 32.4 Å². The van der Waals surface area contributed by atoms with E-state index in [1.807, 2.05) is 18.2 Å². The molecule has 1 atom stereocenters. The van der Waals surface area contributed by atoms with Crippen molar-refractivity contribution in [2.24, 2.45) is 0 Å². The molecule has 0 spiro atoms. The predicted octanol–water partition coefficient (Wildman–Crippen LogP) is 2.06. The van der Waals surface area contributed by atoms with Crippen LogP contribution in [-0.4, -0.2) is 22.7 Å². The summed E-state index contributed by atoms with van der Waals surface area (Å²) < 4.78 is 1.08. The molecule has 0 amide bonds. The predicted molar refractivity (Wildman–Crippen MR) is 68.8 cm³/mol. The first-order valence-corrected chi connectivity index (χ1v) is 6.05. The maximum Gasteiger partial charge on any atom is 0.183 e. The molecule has 86 valence electrons. The van der Waals surface area contributed by atoms with Crippen LogP contribution < -0.4 is 11.1 Å². The number of aliphatic hydroxyl groups excluding tert-OH is 1. The second-order valence-corrected chi connectivity index (χ2v) is 4.84. The smallest absolute Gasteiger partial charge is 0.183 e. The molecule has 1 aromatic carbocycles. The summed E-state index contributed by atoms with van der Waals surface area (Å²) in [5, 5.41) is 13.2. The van der Waals surface area contributed by atoms with Crippen LogP contribution in [0.5, 0.6) is 0 Å². The number of rotatable bonds is 4. The first kappa shape index (κ1) is 11.2. The number of hydrogen-bond donors (Lipinski definition) is 3. The second-order valence-electron chi connectivity index (χ2n) is 3.81. The summed E-state index contributed by atoms with van der Waals surface area (Å²) >= 11 is 1.58. The van der Waals surface area contributed by atoms with E-state index in [-0.39, 0.29) is 6.10 Å². The third kappa shape index (κ3) is 2.62. The molecule has 0 radical (unpaired) electrons. The summed E-state index contributed by atoms with van der Waals surface area (Å²) in [6.45, 7) is 2.51. The highest BCUT2D eigenvalue weighted by molar-refractivity contribution is 7.22. The van der Waals surface area contributed by atoms with Gasteiger partial charge in [0, 0.05) is 12.2 Å². The van der Waals surface area contributed by atoms with E-state index in [4.69, 9.17) is 10.8 Å². The lowest BCUT2D eigenvalue weighted by molar-refractivity contribution is 0.189. The molecule has 1 unspecified atom stereocenters. The number of hydrogen-bond acceptors (Lipinski definition) is 5. The fraction of sp³-hybridized carbons (Fsp3) is 0.364. The van der Waals surface area contributed by atoms with Gasteiger partial charge < -0.3 is 16.2 Å². The minimum Gasteiger partial charge on any atom is -0.399 e. The molecule has 0 bridgehead atoms. The van der Waals surface area contributed by atoms with Gasteiger partial charge in [0.25, 0.3) is 0 Å². The Morgan fingerprint density at radius 3 is 3.12 bits per heavy atom. The quantitative estimate of drug-likeness (QED) is 0.712. The van der Waals surface area contributed by atoms with Gasteiger partial charge in [-0.05, 0) is 31.5 Å². The maximum absolute atomic E-state index is 9.13. The van der Waals surface area contributed by atoms with Gasteiger partial charge in [0.1, 0.15) is 0 Å². The van der Waals surface area contributed by atoms with Crippen LogP contribution in [0.3, 0.4) is 0 Å². The van der Waals surface area contributed by atoms with Crippen LogP contribution in [0.25, 0.3) is 10.2 Å². The maximum atomic E-state index is 9.13. The molecule has 0 saturated heterocycles. The lowest BCUT2D eigenvalue weighted by Gasteiger charge is -2.03. The highest BCUT2D eigenvalue weighted by Crippen LogP contribution is 2.27. The van der Waals surface area contributed by atoms with Gasteiger partial charge in [0.05, 0.1) is 16.3 Å². The van der Waals surface area contributed by atoms with E-state index in [2.05, 4.69) is 10.3 Å². The Bertz CT molecular complexity index is 481. The van der Waals surface area contributed by atoms with E-state index in [1.165, 1.54) is 0 Å². The minimum atomic E-state index is -0.280. The molecule has 16 heavy (non-hydrogen) atoms. The first-order valence-electron chi connectivity index (χ1n) is 5.23. The van der Waals surface area contributed by atoms with Crippen LogP contribution in [0.4, 0.5) is 10.8 Å². The van der Waals surface area contributed by atoms with Crippen molar-refractivity contribution in [3.05, 3.63) is 18.2 Å². The molecule has 0 aliphatic heterocycles. The van der Waals surface area contributed by atoms with E-state index in [0.29, 0.717) is 0 Å². The lowest BCUT2D eigenvalue weighted by Crippen LogP contribution is -2.09. The molecular weight excluding hydrogens is 222 g/mol. The fourth-order valence-electron chi connectivity index (χ4n) is 1.40. The zero-order chi connectivity index (χ0) is 11.5. The van der Waals surface area contributed by atoms with Gasteiger partial charge in [0.15, 0.2) is 5.13 Å². The lowest BCUT2D eigenvalue weighted by atomic mass is 10.3. The molecule has 0 aliphatic carbocycles. The number of nitrogens with zero attached hydrogens (tertiary/aromatic N) is 1. The molecule has 5 heteroatoms. The van der Waals surface area contributed by atoms with E-state index in [1.54, 1.807) is 18.3 Å². The summed E-state index contributed by atoms with van der Waals surface area (Å²) in [7, 11) is 0. The number of thiazole rings is 1. The van der Waals surface area contributed by atoms with Crippen molar-refractivity contribution in [1.82, 2.24) is 4.98 Å². The highest BCUT2D eigenvalue weighted by atomic mass is 32.1. The Balaban J connectivity index is 2.08. The van der Waals surface area contributed by atoms with Crippen molar-refractivity contribution < 1.29 is 5.11 Å². The Labute approximate surface area is 98.1 Å². The van der Waals surface area contributed by atoms with Gasteiger partial charge in [-0.25, -0.2) is 4.98 Å². The average Bonchev–Trinajstić information content (AvgIpc) is 2.58. The molecule has 1 heterocycles. The van der Waals surface area contributed by atoms with E-state index in [0.717, 1.165) is 34.0 Å². The van der Waals surface area contributed by atoms with Gasteiger partial charge in [-0.1, -0.05) is 11.3 Å². The molecule has 1 aromatic heterocycles. The molecule has 2 aromatic rings. The minimum absolute atomic E-state index is 0.280. The number of nitrogen functional groups attached to an aromatic ring is 1. The normalized spacial score (nSPS) is 12.9. The number of anilines is 2. The van der Waals surface area contributed by atoms with Crippen molar-refractivity contribution in [3.63, 3.8) is 0 Å². The monoisotopic (exact) mass is 237 g/mol. The van der Waals surface area contributed by atoms with E-state index in [9.17, 15) is 0 Å². The molecule has 2 rings (SSSR count). The number of aliphatic hydroxyl groups is 1. The van der Waals surface area contributed by atoms with Crippen LogP contribution in [0.15, 0.2) is 18.2 Å². The number of nitrogens with two attached hydrogens (primary N) is 1. The van der Waals surface area contributed by atoms with Crippen molar-refractivity contribution in [3.8, 4) is 0 Å². The Morgan fingerprint density at radius 1 is 1.56 bits per heavy atom. The topological polar surface area (TPSA) is 71.2 Å². The van der Waals surface area contributed by atoms with E-state index < -0.39 is 0 Å². The van der Waals surface area contributed by atoms with Gasteiger partial charge in [0.2, 0.25) is 0 Å². The summed E-state index contributed by atoms with van der Waals surface area (Å²) in [4.78, 5) is 4.42. The van der Waals surface area contributed by atoms with Gasteiger partial charge in [-0.3, -0.25) is 0 Å². The number of aromatic nitrogens is 1. The molecule has 4 N–H and O–H groups in total. The zero-order valence-electron chi connectivity index (χ0n) is 9.10. The molecule has 0 aliphatic rings. The molecular formula is C11H15N3OS. The summed E-state index contributed by atoms with van der Waals surface area (Å²) in [6.07, 6.45) is 0.440. The molecule has 0 fully saturated rings. The molecule has 4 nitrogen and oxygen atoms in total. The largest absolute Gasteiger partial charge is 0.399 e. The van der Waals surface area contributed by atoms with Crippen molar-refractivity contribution in [1.29, 1.82) is 0 Å². The summed E-state index contributed by atoms with van der Waals surface area (Å²) in [5.41, 5.74) is 7.41. The second kappa shape index (κ2) is 4.67. The van der Waals surface area contributed by atoms with Crippen molar-refractivity contribution in [2.45, 2.75) is 19.4 Å². The van der Waals surface area contributed by atoms with Gasteiger partial charge in [-0.15, -0.1) is 0 Å². The average molecular weight is 237 g/mol.